The van der Waals surface area contributed by atoms with Gasteiger partial charge in [-0.3, -0.25) is 14.5 Å². The van der Waals surface area contributed by atoms with E-state index in [0.717, 1.165) is 24.2 Å². The molecule has 1 atom stereocenters. The second kappa shape index (κ2) is 13.8. The van der Waals surface area contributed by atoms with Crippen LogP contribution < -0.4 is 14.2 Å². The standard InChI is InChI=1S/C34H38N2O7/c1-4-42-28-14-11-25(21-29(28)40-3)31-30(33(38)34(39)36(31)16-15-35-17-19-41-20-18-35)32(37)24-9-12-27(13-10-24)43-22-26-8-6-5-7-23(26)2/h5-14,21,31,37H,4,15-20,22H2,1-3H3. The molecule has 1 unspecified atom stereocenters. The summed E-state index contributed by atoms with van der Waals surface area (Å²) in [5, 5.41) is 11.5. The number of carbonyl (C=O) groups is 2. The number of likely N-dealkylation sites (tertiary alicyclic amines) is 1. The Labute approximate surface area is 252 Å². The summed E-state index contributed by atoms with van der Waals surface area (Å²) in [7, 11) is 1.54. The Balaban J connectivity index is 1.46. The van der Waals surface area contributed by atoms with E-state index in [-0.39, 0.29) is 11.3 Å². The first-order valence-electron chi connectivity index (χ1n) is 14.6. The maximum absolute atomic E-state index is 13.5. The van der Waals surface area contributed by atoms with Crippen molar-refractivity contribution in [1.82, 2.24) is 9.80 Å². The highest BCUT2D eigenvalue weighted by atomic mass is 16.5. The molecule has 2 saturated heterocycles. The number of hydrogen-bond donors (Lipinski definition) is 1. The number of carbonyl (C=O) groups excluding carboxylic acids is 2. The van der Waals surface area contributed by atoms with Crippen LogP contribution in [0.25, 0.3) is 5.76 Å². The van der Waals surface area contributed by atoms with E-state index in [2.05, 4.69) is 4.90 Å². The van der Waals surface area contributed by atoms with Crippen LogP contribution in [0.1, 0.15) is 35.2 Å². The summed E-state index contributed by atoms with van der Waals surface area (Å²) in [5.41, 5.74) is 3.31. The molecule has 0 aliphatic carbocycles. The van der Waals surface area contributed by atoms with Gasteiger partial charge in [-0.25, -0.2) is 0 Å². The molecule has 0 aromatic heterocycles. The lowest BCUT2D eigenvalue weighted by molar-refractivity contribution is -0.140. The molecule has 9 heteroatoms. The fourth-order valence-corrected chi connectivity index (χ4v) is 5.46. The summed E-state index contributed by atoms with van der Waals surface area (Å²) in [5.74, 6) is 0.0470. The van der Waals surface area contributed by atoms with E-state index < -0.39 is 17.7 Å². The van der Waals surface area contributed by atoms with Crippen molar-refractivity contribution in [2.75, 3.05) is 53.1 Å². The maximum Gasteiger partial charge on any atom is 0.295 e. The molecular weight excluding hydrogens is 548 g/mol. The van der Waals surface area contributed by atoms with Crippen molar-refractivity contribution >= 4 is 17.4 Å². The molecule has 0 saturated carbocycles. The van der Waals surface area contributed by atoms with E-state index in [1.165, 1.54) is 4.90 Å². The zero-order valence-electron chi connectivity index (χ0n) is 24.9. The van der Waals surface area contributed by atoms with E-state index in [1.54, 1.807) is 43.5 Å². The van der Waals surface area contributed by atoms with Crippen LogP contribution in [-0.2, 0) is 20.9 Å². The molecule has 9 nitrogen and oxygen atoms in total. The van der Waals surface area contributed by atoms with Gasteiger partial charge in [0.1, 0.15) is 18.1 Å². The number of aliphatic hydroxyl groups is 1. The van der Waals surface area contributed by atoms with Gasteiger partial charge in [0.25, 0.3) is 11.7 Å². The van der Waals surface area contributed by atoms with Crippen molar-refractivity contribution in [3.63, 3.8) is 0 Å². The van der Waals surface area contributed by atoms with Gasteiger partial charge in [-0.15, -0.1) is 0 Å². The van der Waals surface area contributed by atoms with E-state index in [1.807, 2.05) is 44.2 Å². The molecule has 43 heavy (non-hydrogen) atoms. The number of ketones is 1. The first kappa shape index (κ1) is 30.1. The van der Waals surface area contributed by atoms with Crippen molar-refractivity contribution in [2.24, 2.45) is 0 Å². The van der Waals surface area contributed by atoms with Crippen molar-refractivity contribution in [2.45, 2.75) is 26.5 Å². The van der Waals surface area contributed by atoms with Crippen LogP contribution >= 0.6 is 0 Å². The fourth-order valence-electron chi connectivity index (χ4n) is 5.46. The molecule has 1 N–H and O–H groups in total. The number of hydrogen-bond acceptors (Lipinski definition) is 8. The maximum atomic E-state index is 13.5. The molecule has 0 spiro atoms. The lowest BCUT2D eigenvalue weighted by atomic mass is 9.95. The SMILES string of the molecule is CCOc1ccc(C2C(=C(O)c3ccc(OCc4ccccc4C)cc3)C(=O)C(=O)N2CCN2CCOCC2)cc1OC. The zero-order chi connectivity index (χ0) is 30.3. The van der Waals surface area contributed by atoms with Gasteiger partial charge in [0, 0.05) is 31.7 Å². The molecule has 5 rings (SSSR count). The lowest BCUT2D eigenvalue weighted by Gasteiger charge is -2.31. The van der Waals surface area contributed by atoms with Crippen molar-refractivity contribution in [3.05, 3.63) is 94.6 Å². The number of amides is 1. The molecule has 2 fully saturated rings. The average Bonchev–Trinajstić information content (AvgIpc) is 3.29. The average molecular weight is 587 g/mol. The number of rotatable bonds is 11. The highest BCUT2D eigenvalue weighted by Crippen LogP contribution is 2.42. The summed E-state index contributed by atoms with van der Waals surface area (Å²) < 4.78 is 22.7. The monoisotopic (exact) mass is 586 g/mol. The van der Waals surface area contributed by atoms with Gasteiger partial charge in [0.2, 0.25) is 0 Å². The Bertz CT molecular complexity index is 1480. The van der Waals surface area contributed by atoms with Crippen LogP contribution in [0.3, 0.4) is 0 Å². The van der Waals surface area contributed by atoms with Crippen LogP contribution in [0.2, 0.25) is 0 Å². The van der Waals surface area contributed by atoms with Gasteiger partial charge in [0.05, 0.1) is 38.5 Å². The molecule has 2 aliphatic rings. The summed E-state index contributed by atoms with van der Waals surface area (Å²) >= 11 is 0. The Kier molecular flexibility index (Phi) is 9.64. The van der Waals surface area contributed by atoms with Gasteiger partial charge in [-0.1, -0.05) is 30.3 Å². The molecule has 0 bridgehead atoms. The van der Waals surface area contributed by atoms with Gasteiger partial charge < -0.3 is 29.0 Å². The van der Waals surface area contributed by atoms with Crippen molar-refractivity contribution in [3.8, 4) is 17.2 Å². The highest BCUT2D eigenvalue weighted by Gasteiger charge is 2.46. The molecule has 0 radical (unpaired) electrons. The minimum absolute atomic E-state index is 0.0340. The molecule has 2 aliphatic heterocycles. The molecule has 226 valence electrons. The summed E-state index contributed by atoms with van der Waals surface area (Å²) in [4.78, 5) is 30.7. The van der Waals surface area contributed by atoms with E-state index in [4.69, 9.17) is 18.9 Å². The Hall–Kier alpha value is -4.34. The molecule has 1 amide bonds. The molecular formula is C34H38N2O7. The third-order valence-corrected chi connectivity index (χ3v) is 7.89. The van der Waals surface area contributed by atoms with Gasteiger partial charge >= 0.3 is 0 Å². The number of nitrogens with zero attached hydrogens (tertiary/aromatic N) is 2. The van der Waals surface area contributed by atoms with Gasteiger partial charge in [-0.2, -0.15) is 0 Å². The van der Waals surface area contributed by atoms with E-state index in [0.29, 0.717) is 67.9 Å². The third kappa shape index (κ3) is 6.68. The number of Topliss-reactive ketones (excluding diaryl/α,β-unsaturated/α-hetero) is 1. The van der Waals surface area contributed by atoms with Gasteiger partial charge in [-0.05, 0) is 66.9 Å². The number of morpholine rings is 1. The Morgan fingerprint density at radius 1 is 0.953 bits per heavy atom. The highest BCUT2D eigenvalue weighted by molar-refractivity contribution is 6.46. The van der Waals surface area contributed by atoms with Crippen molar-refractivity contribution in [1.29, 1.82) is 0 Å². The second-order valence-corrected chi connectivity index (χ2v) is 10.5. The summed E-state index contributed by atoms with van der Waals surface area (Å²) in [6.07, 6.45) is 0. The Morgan fingerprint density at radius 2 is 1.70 bits per heavy atom. The number of benzene rings is 3. The van der Waals surface area contributed by atoms with E-state index >= 15 is 0 Å². The lowest BCUT2D eigenvalue weighted by Crippen LogP contribution is -2.42. The summed E-state index contributed by atoms with van der Waals surface area (Å²) in [6, 6.07) is 19.4. The molecule has 3 aromatic carbocycles. The number of aliphatic hydroxyl groups excluding tert-OH is 1. The smallest absolute Gasteiger partial charge is 0.295 e. The van der Waals surface area contributed by atoms with E-state index in [9.17, 15) is 14.7 Å². The van der Waals surface area contributed by atoms with Gasteiger partial charge in [0.15, 0.2) is 11.5 Å². The number of methoxy groups -OCH3 is 1. The minimum Gasteiger partial charge on any atom is -0.507 e. The van der Waals surface area contributed by atoms with Crippen LogP contribution in [0.4, 0.5) is 0 Å². The molecule has 2 heterocycles. The van der Waals surface area contributed by atoms with Crippen molar-refractivity contribution < 1.29 is 33.6 Å². The van der Waals surface area contributed by atoms with Crippen LogP contribution in [0.15, 0.2) is 72.3 Å². The summed E-state index contributed by atoms with van der Waals surface area (Å²) in [6.45, 7) is 8.43. The topological polar surface area (TPSA) is 97.8 Å². The largest absolute Gasteiger partial charge is 0.507 e. The predicted molar refractivity (Wildman–Crippen MR) is 162 cm³/mol. The fraction of sp³-hybridized carbons (Fsp3) is 0.353. The Morgan fingerprint density at radius 3 is 2.40 bits per heavy atom. The van der Waals surface area contributed by atoms with Crippen LogP contribution in [0.5, 0.6) is 17.2 Å². The zero-order valence-corrected chi connectivity index (χ0v) is 24.9. The quantitative estimate of drug-likeness (QED) is 0.196. The van der Waals surface area contributed by atoms with Crippen LogP contribution in [-0.4, -0.2) is 79.7 Å². The first-order chi connectivity index (χ1) is 20.9. The number of ether oxygens (including phenoxy) is 4. The van der Waals surface area contributed by atoms with Crippen LogP contribution in [0, 0.1) is 6.92 Å². The predicted octanol–water partition coefficient (Wildman–Crippen LogP) is 4.74. The number of aryl methyl sites for hydroxylation is 1. The normalized spacial score (nSPS) is 18.6. The first-order valence-corrected chi connectivity index (χ1v) is 14.6. The third-order valence-electron chi connectivity index (χ3n) is 7.89. The second-order valence-electron chi connectivity index (χ2n) is 10.5. The minimum atomic E-state index is -0.803. The molecule has 3 aromatic rings.